The van der Waals surface area contributed by atoms with E-state index in [1.54, 1.807) is 6.07 Å². The van der Waals surface area contributed by atoms with E-state index in [1.807, 2.05) is 4.90 Å². The molecule has 0 aliphatic carbocycles. The van der Waals surface area contributed by atoms with Crippen molar-refractivity contribution in [1.29, 1.82) is 0 Å². The highest BCUT2D eigenvalue weighted by Crippen LogP contribution is 2.26. The van der Waals surface area contributed by atoms with Crippen molar-refractivity contribution in [2.24, 2.45) is 0 Å². The molecule has 4 rings (SSSR count). The molecule has 0 spiro atoms. The second kappa shape index (κ2) is 7.41. The number of morpholine rings is 1. The highest BCUT2D eigenvalue weighted by Gasteiger charge is 2.26. The van der Waals surface area contributed by atoms with Crippen molar-refractivity contribution >= 4 is 11.7 Å². The van der Waals surface area contributed by atoms with Crippen LogP contribution in [0.5, 0.6) is 0 Å². The molecule has 0 N–H and O–H groups in total. The molecule has 0 bridgehead atoms. The molecule has 0 aromatic carbocycles. The van der Waals surface area contributed by atoms with Gasteiger partial charge in [0.2, 0.25) is 0 Å². The minimum absolute atomic E-state index is 0.0943. The van der Waals surface area contributed by atoms with Gasteiger partial charge in [-0.3, -0.25) is 4.79 Å². The van der Waals surface area contributed by atoms with Crippen molar-refractivity contribution in [1.82, 2.24) is 20.0 Å². The summed E-state index contributed by atoms with van der Waals surface area (Å²) in [5.41, 5.74) is 2.58. The monoisotopic (exact) mass is 357 g/mol. The minimum atomic E-state index is -0.0943. The molecule has 8 heteroatoms. The van der Waals surface area contributed by atoms with Crippen LogP contribution < -0.4 is 4.90 Å². The molecule has 26 heavy (non-hydrogen) atoms. The normalized spacial score (nSPS) is 17.7. The fourth-order valence-electron chi connectivity index (χ4n) is 3.51. The average Bonchev–Trinajstić information content (AvgIpc) is 3.14. The molecule has 0 saturated carbocycles. The van der Waals surface area contributed by atoms with E-state index in [4.69, 9.17) is 19.2 Å². The zero-order chi connectivity index (χ0) is 17.9. The standard InChI is InChI=1S/C18H23N5O3/c1-2-16-19-14-4-7-23(18(24)15-5-10-26-21-15)6-3-13(14)17(20-16)22-8-11-25-12-9-22/h5,10H,2-4,6-9,11-12H2,1H3. The number of carbonyl (C=O) groups excluding carboxylic acids is 1. The Morgan fingerprint density at radius 1 is 1.15 bits per heavy atom. The molecule has 138 valence electrons. The molecule has 1 saturated heterocycles. The van der Waals surface area contributed by atoms with Crippen molar-refractivity contribution in [2.75, 3.05) is 44.3 Å². The molecular weight excluding hydrogens is 334 g/mol. The molecule has 2 aliphatic heterocycles. The second-order valence-electron chi connectivity index (χ2n) is 6.52. The zero-order valence-corrected chi connectivity index (χ0v) is 15.0. The van der Waals surface area contributed by atoms with Crippen molar-refractivity contribution in [2.45, 2.75) is 26.2 Å². The van der Waals surface area contributed by atoms with Gasteiger partial charge in [-0.2, -0.15) is 0 Å². The van der Waals surface area contributed by atoms with E-state index >= 15 is 0 Å². The lowest BCUT2D eigenvalue weighted by molar-refractivity contribution is 0.0752. The summed E-state index contributed by atoms with van der Waals surface area (Å²) in [5.74, 6) is 1.79. The van der Waals surface area contributed by atoms with E-state index in [1.165, 1.54) is 11.8 Å². The third-order valence-corrected chi connectivity index (χ3v) is 4.94. The Bertz CT molecular complexity index is 771. The molecule has 0 radical (unpaired) electrons. The van der Waals surface area contributed by atoms with Crippen molar-refractivity contribution in [3.63, 3.8) is 0 Å². The highest BCUT2D eigenvalue weighted by molar-refractivity contribution is 5.92. The summed E-state index contributed by atoms with van der Waals surface area (Å²) in [4.78, 5) is 26.3. The van der Waals surface area contributed by atoms with E-state index in [0.717, 1.165) is 62.9 Å². The molecule has 0 unspecified atom stereocenters. The SMILES string of the molecule is CCc1nc2c(c(N3CCOCC3)n1)CCN(C(=O)c1ccon1)CC2. The van der Waals surface area contributed by atoms with E-state index in [-0.39, 0.29) is 5.91 Å². The second-order valence-corrected chi connectivity index (χ2v) is 6.52. The van der Waals surface area contributed by atoms with Gasteiger partial charge in [0.15, 0.2) is 5.69 Å². The maximum atomic E-state index is 12.6. The molecule has 2 aromatic heterocycles. The smallest absolute Gasteiger partial charge is 0.276 e. The quantitative estimate of drug-likeness (QED) is 0.813. The van der Waals surface area contributed by atoms with Gasteiger partial charge in [-0.1, -0.05) is 12.1 Å². The van der Waals surface area contributed by atoms with Crippen molar-refractivity contribution in [3.8, 4) is 0 Å². The van der Waals surface area contributed by atoms with Gasteiger partial charge < -0.3 is 19.1 Å². The Morgan fingerprint density at radius 2 is 1.96 bits per heavy atom. The lowest BCUT2D eigenvalue weighted by Gasteiger charge is -2.30. The number of ether oxygens (including phenoxy) is 1. The summed E-state index contributed by atoms with van der Waals surface area (Å²) < 4.78 is 10.3. The molecular formula is C18H23N5O3. The lowest BCUT2D eigenvalue weighted by atomic mass is 10.1. The molecule has 4 heterocycles. The Kier molecular flexibility index (Phi) is 4.83. The number of hydrogen-bond donors (Lipinski definition) is 0. The summed E-state index contributed by atoms with van der Waals surface area (Å²) in [6.07, 6.45) is 3.70. The van der Waals surface area contributed by atoms with Crippen LogP contribution in [0.2, 0.25) is 0 Å². The van der Waals surface area contributed by atoms with Gasteiger partial charge in [0.25, 0.3) is 5.91 Å². The van der Waals surface area contributed by atoms with Gasteiger partial charge >= 0.3 is 0 Å². The van der Waals surface area contributed by atoms with Gasteiger partial charge in [0.05, 0.1) is 18.9 Å². The van der Waals surface area contributed by atoms with Crippen molar-refractivity contribution in [3.05, 3.63) is 35.1 Å². The van der Waals surface area contributed by atoms with Crippen LogP contribution in [0.25, 0.3) is 0 Å². The van der Waals surface area contributed by atoms with Gasteiger partial charge in [0.1, 0.15) is 17.9 Å². The largest absolute Gasteiger partial charge is 0.378 e. The Balaban J connectivity index is 1.61. The van der Waals surface area contributed by atoms with Gasteiger partial charge in [-0.15, -0.1) is 0 Å². The van der Waals surface area contributed by atoms with Gasteiger partial charge in [-0.25, -0.2) is 9.97 Å². The van der Waals surface area contributed by atoms with Crippen LogP contribution in [0.15, 0.2) is 16.9 Å². The Morgan fingerprint density at radius 3 is 2.69 bits per heavy atom. The number of aryl methyl sites for hydroxylation is 1. The molecule has 2 aromatic rings. The number of amides is 1. The number of nitrogens with zero attached hydrogens (tertiary/aromatic N) is 5. The minimum Gasteiger partial charge on any atom is -0.378 e. The summed E-state index contributed by atoms with van der Waals surface area (Å²) >= 11 is 0. The van der Waals surface area contributed by atoms with Crippen LogP contribution in [0.4, 0.5) is 5.82 Å². The summed E-state index contributed by atoms with van der Waals surface area (Å²) in [5, 5.41) is 3.77. The third-order valence-electron chi connectivity index (χ3n) is 4.94. The number of rotatable bonds is 3. The van der Waals surface area contributed by atoms with Crippen LogP contribution in [0, 0.1) is 0 Å². The zero-order valence-electron chi connectivity index (χ0n) is 15.0. The first kappa shape index (κ1) is 17.0. The number of carbonyl (C=O) groups is 1. The fraction of sp³-hybridized carbons (Fsp3) is 0.556. The van der Waals surface area contributed by atoms with Crippen LogP contribution in [-0.2, 0) is 24.0 Å². The number of hydrogen-bond acceptors (Lipinski definition) is 7. The topological polar surface area (TPSA) is 84.6 Å². The summed E-state index contributed by atoms with van der Waals surface area (Å²) in [7, 11) is 0. The first-order valence-electron chi connectivity index (χ1n) is 9.17. The molecule has 8 nitrogen and oxygen atoms in total. The first-order chi connectivity index (χ1) is 12.8. The maximum absolute atomic E-state index is 12.6. The molecule has 0 atom stereocenters. The lowest BCUT2D eigenvalue weighted by Crippen LogP contribution is -2.38. The maximum Gasteiger partial charge on any atom is 0.276 e. The van der Waals surface area contributed by atoms with Crippen LogP contribution in [-0.4, -0.2) is 65.3 Å². The molecule has 1 fully saturated rings. The van der Waals surface area contributed by atoms with E-state index < -0.39 is 0 Å². The number of aromatic nitrogens is 3. The van der Waals surface area contributed by atoms with Gasteiger partial charge in [0, 0.05) is 50.7 Å². The first-order valence-corrected chi connectivity index (χ1v) is 9.17. The van der Waals surface area contributed by atoms with Crippen LogP contribution in [0.3, 0.4) is 0 Å². The summed E-state index contributed by atoms with van der Waals surface area (Å²) in [6, 6.07) is 1.61. The van der Waals surface area contributed by atoms with E-state index in [2.05, 4.69) is 17.0 Å². The summed E-state index contributed by atoms with van der Waals surface area (Å²) in [6.45, 7) is 6.45. The van der Waals surface area contributed by atoms with Gasteiger partial charge in [-0.05, 0) is 6.42 Å². The number of anilines is 1. The van der Waals surface area contributed by atoms with E-state index in [0.29, 0.717) is 18.8 Å². The number of fused-ring (bicyclic) bond motifs is 1. The predicted molar refractivity (Wildman–Crippen MR) is 94.3 cm³/mol. The van der Waals surface area contributed by atoms with Crippen LogP contribution in [0.1, 0.15) is 34.5 Å². The van der Waals surface area contributed by atoms with E-state index in [9.17, 15) is 4.79 Å². The fourth-order valence-corrected chi connectivity index (χ4v) is 3.51. The Hall–Kier alpha value is -2.48. The molecule has 1 amide bonds. The highest BCUT2D eigenvalue weighted by atomic mass is 16.5. The predicted octanol–water partition coefficient (Wildman–Crippen LogP) is 1.10. The van der Waals surface area contributed by atoms with Crippen molar-refractivity contribution < 1.29 is 14.1 Å². The average molecular weight is 357 g/mol. The third kappa shape index (κ3) is 3.29. The molecule has 2 aliphatic rings. The van der Waals surface area contributed by atoms with Crippen LogP contribution >= 0.6 is 0 Å². The Labute approximate surface area is 152 Å².